The van der Waals surface area contributed by atoms with Crippen LogP contribution in [-0.4, -0.2) is 15.5 Å². The third-order valence-electron chi connectivity index (χ3n) is 4.35. The zero-order valence-corrected chi connectivity index (χ0v) is 15.4. The fourth-order valence-corrected chi connectivity index (χ4v) is 3.69. The maximum Gasteiger partial charge on any atom is 0.340 e. The summed E-state index contributed by atoms with van der Waals surface area (Å²) in [5.41, 5.74) is 3.96. The van der Waals surface area contributed by atoms with Crippen molar-refractivity contribution in [1.29, 1.82) is 0 Å². The molecule has 0 N–H and O–H groups in total. The van der Waals surface area contributed by atoms with E-state index in [4.69, 9.17) is 9.15 Å². The van der Waals surface area contributed by atoms with Gasteiger partial charge in [-0.2, -0.15) is 0 Å². The van der Waals surface area contributed by atoms with Gasteiger partial charge < -0.3 is 13.7 Å². The van der Waals surface area contributed by atoms with Gasteiger partial charge in [0, 0.05) is 16.3 Å². The average Bonchev–Trinajstić information content (AvgIpc) is 3.35. The Labute approximate surface area is 154 Å². The number of benzene rings is 1. The predicted molar refractivity (Wildman–Crippen MR) is 100 cm³/mol. The Balaban J connectivity index is 1.49. The molecule has 4 rings (SSSR count). The summed E-state index contributed by atoms with van der Waals surface area (Å²) in [6.45, 7) is 4.71. The van der Waals surface area contributed by atoms with Gasteiger partial charge in [0.2, 0.25) is 5.89 Å². The summed E-state index contributed by atoms with van der Waals surface area (Å²) < 4.78 is 13.1. The van der Waals surface area contributed by atoms with Gasteiger partial charge in [0.05, 0.1) is 12.1 Å². The molecule has 4 aromatic rings. The molecule has 0 bridgehead atoms. The number of fused-ring (bicyclic) bond motifs is 1. The molecule has 1 aromatic carbocycles. The molecule has 3 aromatic heterocycles. The van der Waals surface area contributed by atoms with Crippen LogP contribution in [0.3, 0.4) is 0 Å². The first-order chi connectivity index (χ1) is 12.6. The first-order valence-electron chi connectivity index (χ1n) is 8.32. The number of esters is 1. The van der Waals surface area contributed by atoms with E-state index in [0.717, 1.165) is 23.4 Å². The molecule has 0 fully saturated rings. The lowest BCUT2D eigenvalue weighted by molar-refractivity contribution is 0.0439. The minimum atomic E-state index is -0.363. The zero-order valence-electron chi connectivity index (χ0n) is 14.6. The molecule has 0 aliphatic rings. The lowest BCUT2D eigenvalue weighted by Gasteiger charge is -2.08. The second kappa shape index (κ2) is 6.80. The van der Waals surface area contributed by atoms with Gasteiger partial charge in [0.25, 0.3) is 0 Å². The number of hydrogen-bond donors (Lipinski definition) is 0. The van der Waals surface area contributed by atoms with Crippen molar-refractivity contribution in [2.75, 3.05) is 0 Å². The molecule has 0 saturated heterocycles. The molecular formula is C20H18N2O3S. The van der Waals surface area contributed by atoms with Crippen LogP contribution >= 0.6 is 11.3 Å². The van der Waals surface area contributed by atoms with Gasteiger partial charge in [0.15, 0.2) is 12.2 Å². The summed E-state index contributed by atoms with van der Waals surface area (Å²) in [6.07, 6.45) is 0. The van der Waals surface area contributed by atoms with Crippen LogP contribution in [0.15, 0.2) is 52.3 Å². The van der Waals surface area contributed by atoms with Crippen LogP contribution < -0.4 is 0 Å². The van der Waals surface area contributed by atoms with Crippen molar-refractivity contribution in [3.8, 4) is 0 Å². The normalized spacial score (nSPS) is 11.2. The molecule has 0 amide bonds. The molecule has 26 heavy (non-hydrogen) atoms. The first kappa shape index (κ1) is 16.6. The van der Waals surface area contributed by atoms with Crippen molar-refractivity contribution in [2.24, 2.45) is 0 Å². The standard InChI is InChI=1S/C20H18N2O3S/c1-13-10-16(14(2)22(13)11-15-6-5-9-26-15)20(23)24-12-19-21-17-7-3-4-8-18(17)25-19/h3-10H,11-12H2,1-2H3. The number of oxazole rings is 1. The molecule has 5 nitrogen and oxygen atoms in total. The van der Waals surface area contributed by atoms with E-state index in [0.29, 0.717) is 17.0 Å². The van der Waals surface area contributed by atoms with Crippen LogP contribution in [0.25, 0.3) is 11.1 Å². The number of thiophene rings is 1. The summed E-state index contributed by atoms with van der Waals surface area (Å²) in [4.78, 5) is 18.1. The fraction of sp³-hybridized carbons (Fsp3) is 0.200. The number of ether oxygens (including phenoxy) is 1. The summed E-state index contributed by atoms with van der Waals surface area (Å²) in [6, 6.07) is 13.5. The zero-order chi connectivity index (χ0) is 18.1. The Hall–Kier alpha value is -2.86. The number of para-hydroxylation sites is 2. The maximum absolute atomic E-state index is 12.5. The van der Waals surface area contributed by atoms with Crippen molar-refractivity contribution in [3.63, 3.8) is 0 Å². The molecule has 0 aliphatic carbocycles. The summed E-state index contributed by atoms with van der Waals surface area (Å²) in [5.74, 6) is 0.0322. The lowest BCUT2D eigenvalue weighted by Crippen LogP contribution is -2.08. The molecule has 6 heteroatoms. The van der Waals surface area contributed by atoms with Crippen molar-refractivity contribution in [3.05, 3.63) is 75.6 Å². The third-order valence-corrected chi connectivity index (χ3v) is 5.21. The minimum Gasteiger partial charge on any atom is -0.452 e. The highest BCUT2D eigenvalue weighted by Crippen LogP contribution is 2.21. The lowest BCUT2D eigenvalue weighted by atomic mass is 10.2. The topological polar surface area (TPSA) is 57.3 Å². The largest absolute Gasteiger partial charge is 0.452 e. The molecule has 3 heterocycles. The minimum absolute atomic E-state index is 0.0160. The number of hydrogen-bond acceptors (Lipinski definition) is 5. The van der Waals surface area contributed by atoms with Gasteiger partial charge in [0.1, 0.15) is 5.52 Å². The van der Waals surface area contributed by atoms with Gasteiger partial charge in [-0.25, -0.2) is 9.78 Å². The molecule has 0 spiro atoms. The van der Waals surface area contributed by atoms with Crippen molar-refractivity contribution in [1.82, 2.24) is 9.55 Å². The van der Waals surface area contributed by atoms with E-state index < -0.39 is 0 Å². The van der Waals surface area contributed by atoms with Crippen molar-refractivity contribution in [2.45, 2.75) is 27.0 Å². The van der Waals surface area contributed by atoms with E-state index in [1.54, 1.807) is 11.3 Å². The Morgan fingerprint density at radius 1 is 1.23 bits per heavy atom. The van der Waals surface area contributed by atoms with Gasteiger partial charge in [-0.05, 0) is 43.5 Å². The molecule has 0 aliphatic heterocycles. The number of carbonyl (C=O) groups excluding carboxylic acids is 1. The van der Waals surface area contributed by atoms with Crippen LogP contribution in [0, 0.1) is 13.8 Å². The molecule has 0 radical (unpaired) electrons. The number of aromatic nitrogens is 2. The molecular weight excluding hydrogens is 348 g/mol. The second-order valence-corrected chi connectivity index (χ2v) is 7.13. The quantitative estimate of drug-likeness (QED) is 0.480. The van der Waals surface area contributed by atoms with E-state index in [2.05, 4.69) is 21.0 Å². The third kappa shape index (κ3) is 3.15. The Kier molecular flexibility index (Phi) is 4.34. The highest BCUT2D eigenvalue weighted by Gasteiger charge is 2.18. The number of aryl methyl sites for hydroxylation is 1. The van der Waals surface area contributed by atoms with Crippen molar-refractivity contribution < 1.29 is 13.9 Å². The van der Waals surface area contributed by atoms with E-state index >= 15 is 0 Å². The van der Waals surface area contributed by atoms with Crippen LogP contribution in [0.4, 0.5) is 0 Å². The summed E-state index contributed by atoms with van der Waals surface area (Å²) in [5, 5.41) is 2.05. The summed E-state index contributed by atoms with van der Waals surface area (Å²) >= 11 is 1.70. The maximum atomic E-state index is 12.5. The molecule has 0 saturated carbocycles. The van der Waals surface area contributed by atoms with Crippen LogP contribution in [0.2, 0.25) is 0 Å². The summed E-state index contributed by atoms with van der Waals surface area (Å²) in [7, 11) is 0. The smallest absolute Gasteiger partial charge is 0.340 e. The van der Waals surface area contributed by atoms with Gasteiger partial charge in [-0.15, -0.1) is 11.3 Å². The number of nitrogens with zero attached hydrogens (tertiary/aromatic N) is 2. The van der Waals surface area contributed by atoms with E-state index in [1.165, 1.54) is 4.88 Å². The predicted octanol–water partition coefficient (Wildman–Crippen LogP) is 4.71. The second-order valence-electron chi connectivity index (χ2n) is 6.10. The molecule has 0 unspecified atom stereocenters. The Morgan fingerprint density at radius 3 is 2.85 bits per heavy atom. The van der Waals surface area contributed by atoms with Gasteiger partial charge in [-0.3, -0.25) is 0 Å². The van der Waals surface area contributed by atoms with Crippen LogP contribution in [-0.2, 0) is 17.9 Å². The number of rotatable bonds is 5. The van der Waals surface area contributed by atoms with E-state index in [-0.39, 0.29) is 12.6 Å². The van der Waals surface area contributed by atoms with E-state index in [9.17, 15) is 4.79 Å². The number of carbonyl (C=O) groups is 1. The molecule has 132 valence electrons. The molecule has 0 atom stereocenters. The Morgan fingerprint density at radius 2 is 2.08 bits per heavy atom. The van der Waals surface area contributed by atoms with E-state index in [1.807, 2.05) is 50.2 Å². The Bertz CT molecular complexity index is 1030. The van der Waals surface area contributed by atoms with Crippen LogP contribution in [0.5, 0.6) is 0 Å². The van der Waals surface area contributed by atoms with Crippen molar-refractivity contribution >= 4 is 28.4 Å². The van der Waals surface area contributed by atoms with Gasteiger partial charge in [-0.1, -0.05) is 18.2 Å². The van der Waals surface area contributed by atoms with Crippen LogP contribution in [0.1, 0.15) is 32.5 Å². The first-order valence-corrected chi connectivity index (χ1v) is 9.20. The average molecular weight is 366 g/mol. The fourth-order valence-electron chi connectivity index (χ4n) is 3.00. The SMILES string of the molecule is Cc1cc(C(=O)OCc2nc3ccccc3o2)c(C)n1Cc1cccs1. The highest BCUT2D eigenvalue weighted by molar-refractivity contribution is 7.09. The monoisotopic (exact) mass is 366 g/mol. The van der Waals surface area contributed by atoms with Gasteiger partial charge >= 0.3 is 5.97 Å². The highest BCUT2D eigenvalue weighted by atomic mass is 32.1.